The highest BCUT2D eigenvalue weighted by atomic mass is 15.2. The number of anilines is 1. The van der Waals surface area contributed by atoms with Gasteiger partial charge in [-0.3, -0.25) is 0 Å². The monoisotopic (exact) mass is 272 g/mol. The lowest BCUT2D eigenvalue weighted by Crippen LogP contribution is -2.47. The fourth-order valence-electron chi connectivity index (χ4n) is 4.25. The van der Waals surface area contributed by atoms with Gasteiger partial charge in [0.15, 0.2) is 0 Å². The van der Waals surface area contributed by atoms with E-state index in [4.69, 9.17) is 0 Å². The highest BCUT2D eigenvalue weighted by Gasteiger charge is 2.33. The molecule has 1 aliphatic carbocycles. The van der Waals surface area contributed by atoms with Crippen LogP contribution in [0.3, 0.4) is 0 Å². The largest absolute Gasteiger partial charge is 0.368 e. The Morgan fingerprint density at radius 1 is 1.15 bits per heavy atom. The first kappa shape index (κ1) is 13.9. The topological polar surface area (TPSA) is 15.3 Å². The summed E-state index contributed by atoms with van der Waals surface area (Å²) >= 11 is 0. The Hall–Kier alpha value is -1.02. The molecular formula is C18H28N2. The van der Waals surface area contributed by atoms with E-state index in [1.807, 2.05) is 7.05 Å². The maximum atomic E-state index is 3.34. The number of fused-ring (bicyclic) bond motifs is 1. The van der Waals surface area contributed by atoms with E-state index in [9.17, 15) is 0 Å². The third kappa shape index (κ3) is 2.71. The second-order valence-corrected chi connectivity index (χ2v) is 6.61. The van der Waals surface area contributed by atoms with Gasteiger partial charge in [0.2, 0.25) is 0 Å². The molecule has 2 fully saturated rings. The van der Waals surface area contributed by atoms with E-state index >= 15 is 0 Å². The highest BCUT2D eigenvalue weighted by Crippen LogP contribution is 2.38. The summed E-state index contributed by atoms with van der Waals surface area (Å²) in [7, 11) is 2.05. The molecule has 1 heterocycles. The standard InChI is InChI=1S/C18H28N2/c1-14-9-10-18(16(12-14)13-19-2)20-11-5-7-15-6-3-4-8-17(15)20/h9-10,12,15,17,19H,3-8,11,13H2,1-2H3. The van der Waals surface area contributed by atoms with Crippen LogP contribution in [0, 0.1) is 12.8 Å². The Morgan fingerprint density at radius 3 is 2.80 bits per heavy atom. The molecule has 20 heavy (non-hydrogen) atoms. The van der Waals surface area contributed by atoms with Crippen LogP contribution in [-0.2, 0) is 6.54 Å². The first-order chi connectivity index (χ1) is 9.79. The first-order valence-corrected chi connectivity index (χ1v) is 8.30. The smallest absolute Gasteiger partial charge is 0.0414 e. The van der Waals surface area contributed by atoms with E-state index in [-0.39, 0.29) is 0 Å². The third-order valence-electron chi connectivity index (χ3n) is 5.15. The van der Waals surface area contributed by atoms with Gasteiger partial charge in [-0.25, -0.2) is 0 Å². The minimum Gasteiger partial charge on any atom is -0.368 e. The van der Waals surface area contributed by atoms with E-state index < -0.39 is 0 Å². The van der Waals surface area contributed by atoms with Gasteiger partial charge in [0.1, 0.15) is 0 Å². The van der Waals surface area contributed by atoms with Crippen molar-refractivity contribution in [1.82, 2.24) is 5.32 Å². The summed E-state index contributed by atoms with van der Waals surface area (Å²) in [5, 5.41) is 3.34. The molecule has 1 aromatic carbocycles. The van der Waals surface area contributed by atoms with Gasteiger partial charge in [-0.15, -0.1) is 0 Å². The van der Waals surface area contributed by atoms with Gasteiger partial charge in [-0.2, -0.15) is 0 Å². The maximum absolute atomic E-state index is 3.34. The lowest BCUT2D eigenvalue weighted by molar-refractivity contribution is 0.243. The average Bonchev–Trinajstić information content (AvgIpc) is 2.47. The Labute approximate surface area is 123 Å². The zero-order valence-corrected chi connectivity index (χ0v) is 13.0. The maximum Gasteiger partial charge on any atom is 0.0414 e. The van der Waals surface area contributed by atoms with Crippen LogP contribution in [0.25, 0.3) is 0 Å². The second kappa shape index (κ2) is 6.17. The summed E-state index contributed by atoms with van der Waals surface area (Å²) in [6.45, 7) is 4.42. The molecule has 2 nitrogen and oxygen atoms in total. The molecule has 2 heteroatoms. The molecule has 2 atom stereocenters. The number of piperidine rings is 1. The SMILES string of the molecule is CNCc1cc(C)ccc1N1CCCC2CCCCC21. The van der Waals surface area contributed by atoms with E-state index in [1.54, 1.807) is 0 Å². The molecule has 2 unspecified atom stereocenters. The highest BCUT2D eigenvalue weighted by molar-refractivity contribution is 5.56. The van der Waals surface area contributed by atoms with Crippen LogP contribution in [0.15, 0.2) is 18.2 Å². The number of nitrogens with zero attached hydrogens (tertiary/aromatic N) is 1. The molecule has 0 aromatic heterocycles. The molecule has 1 saturated heterocycles. The predicted octanol–water partition coefficient (Wildman–Crippen LogP) is 3.87. The summed E-state index contributed by atoms with van der Waals surface area (Å²) in [5.74, 6) is 0.946. The first-order valence-electron chi connectivity index (χ1n) is 8.30. The Balaban J connectivity index is 1.90. The van der Waals surface area contributed by atoms with Crippen LogP contribution < -0.4 is 10.2 Å². The molecule has 3 rings (SSSR count). The van der Waals surface area contributed by atoms with Gasteiger partial charge in [0, 0.05) is 24.8 Å². The van der Waals surface area contributed by atoms with Gasteiger partial charge in [0.25, 0.3) is 0 Å². The molecule has 0 spiro atoms. The van der Waals surface area contributed by atoms with E-state index in [1.165, 1.54) is 61.9 Å². The molecule has 0 bridgehead atoms. The van der Waals surface area contributed by atoms with Gasteiger partial charge < -0.3 is 10.2 Å². The third-order valence-corrected chi connectivity index (χ3v) is 5.15. The molecule has 0 radical (unpaired) electrons. The average molecular weight is 272 g/mol. The molecule has 110 valence electrons. The lowest BCUT2D eigenvalue weighted by atomic mass is 9.78. The van der Waals surface area contributed by atoms with Gasteiger partial charge in [0.05, 0.1) is 0 Å². The summed E-state index contributed by atoms with van der Waals surface area (Å²) in [6.07, 6.45) is 8.55. The fourth-order valence-corrected chi connectivity index (χ4v) is 4.25. The predicted molar refractivity (Wildman–Crippen MR) is 86.3 cm³/mol. The quantitative estimate of drug-likeness (QED) is 0.898. The van der Waals surface area contributed by atoms with E-state index in [0.717, 1.165) is 18.5 Å². The molecule has 1 saturated carbocycles. The summed E-state index contributed by atoms with van der Waals surface area (Å²) < 4.78 is 0. The van der Waals surface area contributed by atoms with Crippen LogP contribution in [0.1, 0.15) is 49.7 Å². The minimum atomic E-state index is 0.802. The molecule has 0 amide bonds. The van der Waals surface area contributed by atoms with Crippen molar-refractivity contribution >= 4 is 5.69 Å². The van der Waals surface area contributed by atoms with Gasteiger partial charge in [-0.1, -0.05) is 30.5 Å². The van der Waals surface area contributed by atoms with Crippen molar-refractivity contribution in [1.29, 1.82) is 0 Å². The zero-order chi connectivity index (χ0) is 13.9. The van der Waals surface area contributed by atoms with Gasteiger partial charge >= 0.3 is 0 Å². The number of hydrogen-bond acceptors (Lipinski definition) is 2. The normalized spacial score (nSPS) is 26.4. The zero-order valence-electron chi connectivity index (χ0n) is 13.0. The van der Waals surface area contributed by atoms with Crippen molar-refractivity contribution < 1.29 is 0 Å². The van der Waals surface area contributed by atoms with Crippen LogP contribution in [0.5, 0.6) is 0 Å². The molecular weight excluding hydrogens is 244 g/mol. The number of aryl methyl sites for hydroxylation is 1. The lowest BCUT2D eigenvalue weighted by Gasteiger charge is -2.46. The van der Waals surface area contributed by atoms with Crippen LogP contribution in [0.2, 0.25) is 0 Å². The summed E-state index contributed by atoms with van der Waals surface area (Å²) in [6, 6.07) is 7.80. The number of nitrogens with one attached hydrogen (secondary N) is 1. The van der Waals surface area contributed by atoms with E-state index in [0.29, 0.717) is 0 Å². The van der Waals surface area contributed by atoms with Crippen LogP contribution >= 0.6 is 0 Å². The van der Waals surface area contributed by atoms with Crippen molar-refractivity contribution in [2.75, 3.05) is 18.5 Å². The van der Waals surface area contributed by atoms with E-state index in [2.05, 4.69) is 35.3 Å². The number of rotatable bonds is 3. The van der Waals surface area contributed by atoms with Crippen molar-refractivity contribution in [2.24, 2.45) is 5.92 Å². The fraction of sp³-hybridized carbons (Fsp3) is 0.667. The molecule has 1 aliphatic heterocycles. The summed E-state index contributed by atoms with van der Waals surface area (Å²) in [5.41, 5.74) is 4.33. The number of hydrogen-bond donors (Lipinski definition) is 1. The molecule has 2 aliphatic rings. The summed E-state index contributed by atoms with van der Waals surface area (Å²) in [4.78, 5) is 2.74. The minimum absolute atomic E-state index is 0.802. The van der Waals surface area contributed by atoms with Gasteiger partial charge in [-0.05, 0) is 57.2 Å². The second-order valence-electron chi connectivity index (χ2n) is 6.61. The molecule has 1 N–H and O–H groups in total. The van der Waals surface area contributed by atoms with Crippen molar-refractivity contribution in [2.45, 2.75) is 58.0 Å². The Kier molecular flexibility index (Phi) is 4.30. The van der Waals surface area contributed by atoms with Crippen molar-refractivity contribution in [3.63, 3.8) is 0 Å². The molecule has 1 aromatic rings. The van der Waals surface area contributed by atoms with Crippen LogP contribution in [0.4, 0.5) is 5.69 Å². The Morgan fingerprint density at radius 2 is 1.95 bits per heavy atom. The van der Waals surface area contributed by atoms with Crippen molar-refractivity contribution in [3.05, 3.63) is 29.3 Å². The number of benzene rings is 1. The Bertz CT molecular complexity index is 453. The van der Waals surface area contributed by atoms with Crippen LogP contribution in [-0.4, -0.2) is 19.6 Å². The van der Waals surface area contributed by atoms with Crippen molar-refractivity contribution in [3.8, 4) is 0 Å².